The van der Waals surface area contributed by atoms with E-state index in [0.717, 1.165) is 11.3 Å². The Kier molecular flexibility index (Phi) is 3.80. The Morgan fingerprint density at radius 2 is 2.27 bits per heavy atom. The second-order valence-electron chi connectivity index (χ2n) is 3.12. The zero-order chi connectivity index (χ0) is 11.4. The first-order chi connectivity index (χ1) is 7.04. The summed E-state index contributed by atoms with van der Waals surface area (Å²) in [6.45, 7) is 1.98. The minimum atomic E-state index is -0.415. The van der Waals surface area contributed by atoms with Crippen molar-refractivity contribution >= 4 is 23.2 Å². The maximum absolute atomic E-state index is 10.6. The zero-order valence-corrected chi connectivity index (χ0v) is 9.39. The van der Waals surface area contributed by atoms with Gasteiger partial charge in [-0.1, -0.05) is 11.6 Å². The van der Waals surface area contributed by atoms with E-state index in [2.05, 4.69) is 5.32 Å². The highest BCUT2D eigenvalue weighted by molar-refractivity contribution is 6.32. The van der Waals surface area contributed by atoms with Gasteiger partial charge in [-0.2, -0.15) is 0 Å². The standard InChI is InChI=1S/C10H13ClN2O2/c1-6-3-9(15-2)7(11)4-8(6)13-5-10(12)14/h3-4,13H,5H2,1-2H3,(H2,12,14). The molecule has 0 saturated carbocycles. The van der Waals surface area contributed by atoms with Gasteiger partial charge in [0.2, 0.25) is 5.91 Å². The summed E-state index contributed by atoms with van der Waals surface area (Å²) in [5.74, 6) is 0.195. The van der Waals surface area contributed by atoms with E-state index >= 15 is 0 Å². The molecular weight excluding hydrogens is 216 g/mol. The van der Waals surface area contributed by atoms with Crippen LogP contribution >= 0.6 is 11.6 Å². The molecule has 4 nitrogen and oxygen atoms in total. The molecule has 0 spiro atoms. The monoisotopic (exact) mass is 228 g/mol. The van der Waals surface area contributed by atoms with Crippen molar-refractivity contribution in [2.24, 2.45) is 5.73 Å². The number of benzene rings is 1. The fraction of sp³-hybridized carbons (Fsp3) is 0.300. The van der Waals surface area contributed by atoms with Crippen LogP contribution in [-0.4, -0.2) is 19.6 Å². The number of methoxy groups -OCH3 is 1. The van der Waals surface area contributed by atoms with Gasteiger partial charge in [-0.25, -0.2) is 0 Å². The minimum absolute atomic E-state index is 0.0868. The number of halogens is 1. The highest BCUT2D eigenvalue weighted by Crippen LogP contribution is 2.30. The van der Waals surface area contributed by atoms with E-state index in [1.54, 1.807) is 19.2 Å². The van der Waals surface area contributed by atoms with Crippen molar-refractivity contribution in [1.29, 1.82) is 0 Å². The number of primary amides is 1. The lowest BCUT2D eigenvalue weighted by Gasteiger charge is -2.11. The number of amides is 1. The van der Waals surface area contributed by atoms with Gasteiger partial charge >= 0.3 is 0 Å². The Labute approximate surface area is 93.4 Å². The molecule has 15 heavy (non-hydrogen) atoms. The first-order valence-corrected chi connectivity index (χ1v) is 4.78. The number of anilines is 1. The van der Waals surface area contributed by atoms with Gasteiger partial charge < -0.3 is 15.8 Å². The zero-order valence-electron chi connectivity index (χ0n) is 8.63. The molecule has 82 valence electrons. The number of ether oxygens (including phenoxy) is 1. The van der Waals surface area contributed by atoms with Gasteiger partial charge in [0.25, 0.3) is 0 Å². The summed E-state index contributed by atoms with van der Waals surface area (Å²) in [5, 5.41) is 3.39. The third-order valence-corrected chi connectivity index (χ3v) is 2.25. The summed E-state index contributed by atoms with van der Waals surface area (Å²) < 4.78 is 5.06. The molecule has 0 radical (unpaired) electrons. The van der Waals surface area contributed by atoms with E-state index in [1.165, 1.54) is 0 Å². The Hall–Kier alpha value is -1.42. The van der Waals surface area contributed by atoms with Crippen LogP contribution in [0.3, 0.4) is 0 Å². The van der Waals surface area contributed by atoms with Gasteiger partial charge in [0, 0.05) is 5.69 Å². The molecule has 5 heteroatoms. The molecule has 1 amide bonds. The predicted octanol–water partition coefficient (Wildman–Crippen LogP) is 1.55. The molecular formula is C10H13ClN2O2. The summed E-state index contributed by atoms with van der Waals surface area (Å²) in [5.41, 5.74) is 6.74. The Morgan fingerprint density at radius 1 is 1.60 bits per heavy atom. The maximum Gasteiger partial charge on any atom is 0.236 e. The molecule has 0 heterocycles. The largest absolute Gasteiger partial charge is 0.495 e. The van der Waals surface area contributed by atoms with Crippen molar-refractivity contribution in [3.8, 4) is 5.75 Å². The van der Waals surface area contributed by atoms with Crippen molar-refractivity contribution in [1.82, 2.24) is 0 Å². The molecule has 0 aliphatic carbocycles. The molecule has 1 aromatic carbocycles. The molecule has 0 saturated heterocycles. The van der Waals surface area contributed by atoms with Crippen molar-refractivity contribution in [2.45, 2.75) is 6.92 Å². The van der Waals surface area contributed by atoms with Gasteiger partial charge in [0.15, 0.2) is 0 Å². The van der Waals surface area contributed by atoms with Crippen LogP contribution in [0.4, 0.5) is 5.69 Å². The van der Waals surface area contributed by atoms with Crippen molar-refractivity contribution in [3.63, 3.8) is 0 Å². The van der Waals surface area contributed by atoms with Crippen LogP contribution in [0.2, 0.25) is 5.02 Å². The summed E-state index contributed by atoms with van der Waals surface area (Å²) in [6.07, 6.45) is 0. The summed E-state index contributed by atoms with van der Waals surface area (Å²) in [7, 11) is 1.55. The Morgan fingerprint density at radius 3 is 2.80 bits per heavy atom. The van der Waals surface area contributed by atoms with Gasteiger partial charge in [-0.05, 0) is 24.6 Å². The first-order valence-electron chi connectivity index (χ1n) is 4.41. The molecule has 0 aliphatic heterocycles. The lowest BCUT2D eigenvalue weighted by atomic mass is 10.2. The van der Waals surface area contributed by atoms with E-state index in [4.69, 9.17) is 22.1 Å². The number of carbonyl (C=O) groups excluding carboxylic acids is 1. The third kappa shape index (κ3) is 3.02. The van der Waals surface area contributed by atoms with Crippen LogP contribution in [0, 0.1) is 6.92 Å². The van der Waals surface area contributed by atoms with Gasteiger partial charge in [-0.15, -0.1) is 0 Å². The highest BCUT2D eigenvalue weighted by atomic mass is 35.5. The topological polar surface area (TPSA) is 64.3 Å². The van der Waals surface area contributed by atoms with Crippen LogP contribution in [0.15, 0.2) is 12.1 Å². The van der Waals surface area contributed by atoms with Gasteiger partial charge in [0.05, 0.1) is 18.7 Å². The fourth-order valence-electron chi connectivity index (χ4n) is 1.18. The van der Waals surface area contributed by atoms with E-state index < -0.39 is 5.91 Å². The summed E-state index contributed by atoms with van der Waals surface area (Å²) >= 11 is 5.94. The number of nitrogens with one attached hydrogen (secondary N) is 1. The molecule has 1 rings (SSSR count). The number of hydrogen-bond acceptors (Lipinski definition) is 3. The maximum atomic E-state index is 10.6. The second-order valence-corrected chi connectivity index (χ2v) is 3.53. The molecule has 0 unspecified atom stereocenters. The van der Waals surface area contributed by atoms with E-state index in [-0.39, 0.29) is 6.54 Å². The minimum Gasteiger partial charge on any atom is -0.495 e. The fourth-order valence-corrected chi connectivity index (χ4v) is 1.43. The van der Waals surface area contributed by atoms with Crippen molar-refractivity contribution < 1.29 is 9.53 Å². The summed E-state index contributed by atoms with van der Waals surface area (Å²) in [4.78, 5) is 10.6. The van der Waals surface area contributed by atoms with Crippen LogP contribution in [0.1, 0.15) is 5.56 Å². The molecule has 1 aromatic rings. The predicted molar refractivity (Wildman–Crippen MR) is 60.4 cm³/mol. The number of carbonyl (C=O) groups is 1. The number of rotatable bonds is 4. The van der Waals surface area contributed by atoms with E-state index in [0.29, 0.717) is 10.8 Å². The smallest absolute Gasteiger partial charge is 0.236 e. The number of nitrogens with two attached hydrogens (primary N) is 1. The molecule has 0 fully saturated rings. The molecule has 0 bridgehead atoms. The second kappa shape index (κ2) is 4.89. The average molecular weight is 229 g/mol. The summed E-state index contributed by atoms with van der Waals surface area (Å²) in [6, 6.07) is 3.50. The highest BCUT2D eigenvalue weighted by Gasteiger charge is 2.06. The van der Waals surface area contributed by atoms with Crippen molar-refractivity contribution in [3.05, 3.63) is 22.7 Å². The third-order valence-electron chi connectivity index (χ3n) is 1.95. The van der Waals surface area contributed by atoms with Gasteiger partial charge in [-0.3, -0.25) is 4.79 Å². The SMILES string of the molecule is COc1cc(C)c(NCC(N)=O)cc1Cl. The lowest BCUT2D eigenvalue weighted by Crippen LogP contribution is -2.22. The lowest BCUT2D eigenvalue weighted by molar-refractivity contribution is -0.116. The average Bonchev–Trinajstić information content (AvgIpc) is 2.18. The van der Waals surface area contributed by atoms with Crippen LogP contribution in [0.5, 0.6) is 5.75 Å². The van der Waals surface area contributed by atoms with Crippen LogP contribution < -0.4 is 15.8 Å². The molecule has 0 atom stereocenters. The van der Waals surface area contributed by atoms with Crippen molar-refractivity contribution in [2.75, 3.05) is 19.0 Å². The molecule has 3 N–H and O–H groups in total. The Bertz CT molecular complexity index is 380. The van der Waals surface area contributed by atoms with Crippen LogP contribution in [-0.2, 0) is 4.79 Å². The normalized spacial score (nSPS) is 9.80. The van der Waals surface area contributed by atoms with Gasteiger partial charge in [0.1, 0.15) is 5.75 Å². The molecule has 0 aromatic heterocycles. The number of hydrogen-bond donors (Lipinski definition) is 2. The first kappa shape index (κ1) is 11.7. The van der Waals surface area contributed by atoms with E-state index in [9.17, 15) is 4.79 Å². The Balaban J connectivity index is 2.90. The quantitative estimate of drug-likeness (QED) is 0.822. The van der Waals surface area contributed by atoms with Crippen LogP contribution in [0.25, 0.3) is 0 Å². The number of aryl methyl sites for hydroxylation is 1. The van der Waals surface area contributed by atoms with E-state index in [1.807, 2.05) is 6.92 Å². The molecule has 0 aliphatic rings.